The van der Waals surface area contributed by atoms with Crippen LogP contribution in [0.2, 0.25) is 0 Å². The van der Waals surface area contributed by atoms with E-state index in [2.05, 4.69) is 20.3 Å². The molecule has 0 saturated carbocycles. The maximum atomic E-state index is 12.8. The minimum Gasteiger partial charge on any atom is -0.364 e. The minimum atomic E-state index is -0.0930. The summed E-state index contributed by atoms with van der Waals surface area (Å²) in [5.41, 5.74) is 3.52. The highest BCUT2D eigenvalue weighted by atomic mass is 16.2. The maximum absolute atomic E-state index is 12.8. The fraction of sp³-hybridized carbons (Fsp3) is 0.381. The molecule has 1 unspecified atom stereocenters. The number of carbonyl (C=O) groups excluding carboxylic acids is 2. The molecule has 1 aromatic carbocycles. The average molecular weight is 379 g/mol. The van der Waals surface area contributed by atoms with E-state index in [4.69, 9.17) is 0 Å². The van der Waals surface area contributed by atoms with Crippen molar-refractivity contribution in [3.8, 4) is 0 Å². The Kier molecular flexibility index (Phi) is 5.14. The maximum Gasteiger partial charge on any atom is 0.252 e. The van der Waals surface area contributed by atoms with Crippen molar-refractivity contribution in [1.29, 1.82) is 0 Å². The Labute approximate surface area is 163 Å². The molecule has 3 N–H and O–H groups in total. The number of likely N-dealkylation sites (tertiary alicyclic amines) is 1. The number of hydrogen-bond acceptors (Lipinski definition) is 3. The quantitative estimate of drug-likeness (QED) is 0.636. The fourth-order valence-corrected chi connectivity index (χ4v) is 4.00. The second kappa shape index (κ2) is 7.88. The lowest BCUT2D eigenvalue weighted by atomic mass is 9.92. The molecule has 0 bridgehead atoms. The summed E-state index contributed by atoms with van der Waals surface area (Å²) >= 11 is 0. The Morgan fingerprint density at radius 1 is 1.29 bits per heavy atom. The van der Waals surface area contributed by atoms with Gasteiger partial charge in [0.25, 0.3) is 5.91 Å². The van der Waals surface area contributed by atoms with Crippen LogP contribution in [0, 0.1) is 0 Å². The van der Waals surface area contributed by atoms with E-state index in [1.807, 2.05) is 29.2 Å². The van der Waals surface area contributed by atoms with Gasteiger partial charge in [0, 0.05) is 50.8 Å². The molecular formula is C21H25N5O2. The molecule has 0 aliphatic carbocycles. The van der Waals surface area contributed by atoms with E-state index in [1.165, 1.54) is 0 Å². The number of nitrogens with one attached hydrogen (secondary N) is 3. The number of aromatic nitrogens is 3. The van der Waals surface area contributed by atoms with Crippen LogP contribution in [0.1, 0.15) is 47.1 Å². The molecule has 1 fully saturated rings. The van der Waals surface area contributed by atoms with E-state index in [9.17, 15) is 9.59 Å². The number of H-pyrrole nitrogens is 2. The van der Waals surface area contributed by atoms with Gasteiger partial charge in [-0.2, -0.15) is 0 Å². The molecular weight excluding hydrogens is 354 g/mol. The lowest BCUT2D eigenvalue weighted by Crippen LogP contribution is -2.39. The van der Waals surface area contributed by atoms with Crippen LogP contribution >= 0.6 is 0 Å². The third-order valence-corrected chi connectivity index (χ3v) is 5.45. The highest BCUT2D eigenvalue weighted by Gasteiger charge is 2.28. The predicted molar refractivity (Wildman–Crippen MR) is 107 cm³/mol. The molecule has 2 aromatic heterocycles. The first kappa shape index (κ1) is 18.3. The number of benzene rings is 1. The van der Waals surface area contributed by atoms with E-state index in [0.29, 0.717) is 24.9 Å². The predicted octanol–water partition coefficient (Wildman–Crippen LogP) is 2.59. The Bertz CT molecular complexity index is 957. The van der Waals surface area contributed by atoms with Gasteiger partial charge >= 0.3 is 0 Å². The topological polar surface area (TPSA) is 93.9 Å². The van der Waals surface area contributed by atoms with Gasteiger partial charge in [-0.25, -0.2) is 4.98 Å². The number of piperidine rings is 1. The van der Waals surface area contributed by atoms with Crippen molar-refractivity contribution in [2.24, 2.45) is 0 Å². The van der Waals surface area contributed by atoms with Gasteiger partial charge in [-0.3, -0.25) is 9.59 Å². The largest absolute Gasteiger partial charge is 0.364 e. The number of fused-ring (bicyclic) bond motifs is 1. The summed E-state index contributed by atoms with van der Waals surface area (Å²) in [6, 6.07) is 9.68. The number of nitrogens with zero attached hydrogens (tertiary/aromatic N) is 2. The van der Waals surface area contributed by atoms with Crippen LogP contribution in [0.4, 0.5) is 0 Å². The summed E-state index contributed by atoms with van der Waals surface area (Å²) in [7, 11) is 1.63. The standard InChI is InChI=1S/C21H25N5O2/c1-22-21(28)15-10-11-23-20(15)14-5-4-12-26(13-14)19(27)9-8-18-24-16-6-2-3-7-17(16)25-18/h2-3,6-7,10-11,14,23H,4-5,8-9,12-13H2,1H3,(H,22,28)(H,24,25). The summed E-state index contributed by atoms with van der Waals surface area (Å²) in [5, 5.41) is 2.68. The van der Waals surface area contributed by atoms with Gasteiger partial charge in [0.05, 0.1) is 16.6 Å². The fourth-order valence-electron chi connectivity index (χ4n) is 4.00. The highest BCUT2D eigenvalue weighted by molar-refractivity contribution is 5.95. The number of hydrogen-bond donors (Lipinski definition) is 3. The van der Waals surface area contributed by atoms with Crippen LogP contribution in [-0.4, -0.2) is 51.8 Å². The lowest BCUT2D eigenvalue weighted by Gasteiger charge is -2.33. The zero-order valence-corrected chi connectivity index (χ0v) is 16.0. The van der Waals surface area contributed by atoms with E-state index in [1.54, 1.807) is 19.3 Å². The SMILES string of the molecule is CNC(=O)c1cc[nH]c1C1CCCN(C(=O)CCc2nc3ccccc3[nH]2)C1. The number of aryl methyl sites for hydroxylation is 1. The van der Waals surface area contributed by atoms with Crippen LogP contribution in [0.3, 0.4) is 0 Å². The molecule has 146 valence electrons. The molecule has 4 rings (SSSR count). The average Bonchev–Trinajstić information content (AvgIpc) is 3.38. The number of imidazole rings is 1. The van der Waals surface area contributed by atoms with Gasteiger partial charge in [0.15, 0.2) is 0 Å². The summed E-state index contributed by atoms with van der Waals surface area (Å²) in [6.45, 7) is 1.41. The van der Waals surface area contributed by atoms with Gasteiger partial charge in [-0.05, 0) is 31.0 Å². The number of para-hydroxylation sites is 2. The van der Waals surface area contributed by atoms with Gasteiger partial charge < -0.3 is 20.2 Å². The molecule has 7 heteroatoms. The molecule has 2 amide bonds. The molecule has 1 atom stereocenters. The van der Waals surface area contributed by atoms with Crippen molar-refractivity contribution in [3.63, 3.8) is 0 Å². The van der Waals surface area contributed by atoms with Crippen LogP contribution < -0.4 is 5.32 Å². The first-order valence-electron chi connectivity index (χ1n) is 9.76. The summed E-state index contributed by atoms with van der Waals surface area (Å²) in [4.78, 5) is 37.8. The molecule has 3 aromatic rings. The molecule has 7 nitrogen and oxygen atoms in total. The zero-order valence-electron chi connectivity index (χ0n) is 16.0. The Hall–Kier alpha value is -3.09. The Morgan fingerprint density at radius 3 is 2.96 bits per heavy atom. The van der Waals surface area contributed by atoms with Crippen LogP contribution in [0.5, 0.6) is 0 Å². The van der Waals surface area contributed by atoms with Gasteiger partial charge in [-0.1, -0.05) is 12.1 Å². The van der Waals surface area contributed by atoms with Gasteiger partial charge in [-0.15, -0.1) is 0 Å². The van der Waals surface area contributed by atoms with Crippen LogP contribution in [-0.2, 0) is 11.2 Å². The summed E-state index contributed by atoms with van der Waals surface area (Å²) in [6.07, 6.45) is 4.73. The number of amides is 2. The smallest absolute Gasteiger partial charge is 0.252 e. The summed E-state index contributed by atoms with van der Waals surface area (Å²) < 4.78 is 0. The summed E-state index contributed by atoms with van der Waals surface area (Å²) in [5.74, 6) is 1.04. The Morgan fingerprint density at radius 2 is 2.14 bits per heavy atom. The first-order valence-corrected chi connectivity index (χ1v) is 9.76. The lowest BCUT2D eigenvalue weighted by molar-refractivity contribution is -0.132. The molecule has 0 radical (unpaired) electrons. The number of rotatable bonds is 5. The van der Waals surface area contributed by atoms with E-state index >= 15 is 0 Å². The second-order valence-corrected chi connectivity index (χ2v) is 7.26. The normalized spacial score (nSPS) is 17.0. The van der Waals surface area contributed by atoms with Crippen LogP contribution in [0.15, 0.2) is 36.5 Å². The second-order valence-electron chi connectivity index (χ2n) is 7.26. The third-order valence-electron chi connectivity index (χ3n) is 5.45. The van der Waals surface area contributed by atoms with Crippen molar-refractivity contribution in [2.75, 3.05) is 20.1 Å². The van der Waals surface area contributed by atoms with E-state index in [-0.39, 0.29) is 17.7 Å². The van der Waals surface area contributed by atoms with E-state index in [0.717, 1.165) is 41.9 Å². The van der Waals surface area contributed by atoms with Crippen molar-refractivity contribution < 1.29 is 9.59 Å². The van der Waals surface area contributed by atoms with Gasteiger partial charge in [0.1, 0.15) is 5.82 Å². The molecule has 1 aliphatic rings. The van der Waals surface area contributed by atoms with Gasteiger partial charge in [0.2, 0.25) is 5.91 Å². The zero-order chi connectivity index (χ0) is 19.5. The van der Waals surface area contributed by atoms with Crippen LogP contribution in [0.25, 0.3) is 11.0 Å². The van der Waals surface area contributed by atoms with Crippen molar-refractivity contribution >= 4 is 22.8 Å². The van der Waals surface area contributed by atoms with E-state index < -0.39 is 0 Å². The molecule has 0 spiro atoms. The first-order chi connectivity index (χ1) is 13.7. The van der Waals surface area contributed by atoms with Crippen molar-refractivity contribution in [1.82, 2.24) is 25.2 Å². The molecule has 28 heavy (non-hydrogen) atoms. The highest BCUT2D eigenvalue weighted by Crippen LogP contribution is 2.28. The molecule has 1 aliphatic heterocycles. The molecule has 1 saturated heterocycles. The number of aromatic amines is 2. The number of carbonyl (C=O) groups is 2. The monoisotopic (exact) mass is 379 g/mol. The Balaban J connectivity index is 1.39. The minimum absolute atomic E-state index is 0.0930. The molecule has 3 heterocycles. The van der Waals surface area contributed by atoms with Crippen molar-refractivity contribution in [3.05, 3.63) is 53.6 Å². The third kappa shape index (κ3) is 3.65. The van der Waals surface area contributed by atoms with Crippen molar-refractivity contribution in [2.45, 2.75) is 31.6 Å².